The molecule has 19 heavy (non-hydrogen) atoms. The van der Waals surface area contributed by atoms with Crippen LogP contribution in [-0.2, 0) is 32.7 Å². The molecular weight excluding hydrogens is 305 g/mol. The maximum atomic E-state index is 4.22. The summed E-state index contributed by atoms with van der Waals surface area (Å²) in [4.78, 5) is 0. The summed E-state index contributed by atoms with van der Waals surface area (Å²) in [6, 6.07) is 8.50. The Bertz CT molecular complexity index is 520. The zero-order valence-corrected chi connectivity index (χ0v) is 14.4. The maximum absolute atomic E-state index is 4.22. The summed E-state index contributed by atoms with van der Waals surface area (Å²) in [6.45, 7) is 10.1. The average Bonchev–Trinajstić information content (AvgIpc) is 2.46. The first kappa shape index (κ1) is 16.3. The van der Waals surface area contributed by atoms with E-state index in [1.54, 1.807) is 0 Å². The molecule has 0 aromatic heterocycles. The maximum Gasteiger partial charge on any atom is 0 e. The quantitative estimate of drug-likeness (QED) is 0.679. The standard InChI is InChI=1S/C18H19.Y/c1-4-14(2)17-11-8-12-18(13-17)15(3)16-9-6-5-7-10-16;/h6,8-14H,1,3,5,7H2,2H3;/q-1;. The average molecular weight is 324 g/mol. The van der Waals surface area contributed by atoms with Gasteiger partial charge in [-0.2, -0.15) is 5.92 Å². The molecule has 0 aliphatic heterocycles. The van der Waals surface area contributed by atoms with E-state index in [-0.39, 0.29) is 38.6 Å². The Labute approximate surface area is 141 Å². The van der Waals surface area contributed by atoms with E-state index in [0.29, 0.717) is 0 Å². The fourth-order valence-electron chi connectivity index (χ4n) is 2.12. The molecule has 0 nitrogen and oxygen atoms in total. The van der Waals surface area contributed by atoms with Gasteiger partial charge in [0.05, 0.1) is 0 Å². The first-order chi connectivity index (χ1) is 8.72. The zero-order valence-electron chi connectivity index (χ0n) is 11.5. The van der Waals surface area contributed by atoms with Crippen molar-refractivity contribution in [1.82, 2.24) is 0 Å². The third-order valence-electron chi connectivity index (χ3n) is 3.38. The molecule has 0 saturated carbocycles. The summed E-state index contributed by atoms with van der Waals surface area (Å²) in [5.41, 5.74) is 4.77. The summed E-state index contributed by atoms with van der Waals surface area (Å²) in [5, 5.41) is 0. The molecule has 0 saturated heterocycles. The van der Waals surface area contributed by atoms with Gasteiger partial charge in [0, 0.05) is 32.7 Å². The van der Waals surface area contributed by atoms with Gasteiger partial charge >= 0.3 is 0 Å². The third-order valence-corrected chi connectivity index (χ3v) is 3.38. The summed E-state index contributed by atoms with van der Waals surface area (Å²) < 4.78 is 0. The van der Waals surface area contributed by atoms with E-state index >= 15 is 0 Å². The van der Waals surface area contributed by atoms with Gasteiger partial charge in [-0.05, 0) is 29.6 Å². The van der Waals surface area contributed by atoms with Crippen molar-refractivity contribution in [2.24, 2.45) is 0 Å². The monoisotopic (exact) mass is 324 g/mol. The van der Waals surface area contributed by atoms with Gasteiger partial charge in [0.15, 0.2) is 0 Å². The van der Waals surface area contributed by atoms with Crippen molar-refractivity contribution in [3.8, 4) is 0 Å². The van der Waals surface area contributed by atoms with E-state index in [1.807, 2.05) is 0 Å². The molecule has 1 unspecified atom stereocenters. The molecule has 0 N–H and O–H groups in total. The van der Waals surface area contributed by atoms with Crippen LogP contribution in [0.15, 0.2) is 61.2 Å². The largest absolute Gasteiger partial charge is 0.497 e. The van der Waals surface area contributed by atoms with E-state index in [1.165, 1.54) is 16.7 Å². The van der Waals surface area contributed by atoms with Crippen LogP contribution in [-0.4, -0.2) is 0 Å². The molecule has 0 fully saturated rings. The molecule has 0 spiro atoms. The molecule has 95 valence electrons. The molecule has 1 heteroatoms. The van der Waals surface area contributed by atoms with Gasteiger partial charge in [0.2, 0.25) is 0 Å². The van der Waals surface area contributed by atoms with Crippen LogP contribution in [0.3, 0.4) is 0 Å². The van der Waals surface area contributed by atoms with Crippen molar-refractivity contribution in [3.63, 3.8) is 0 Å². The fourth-order valence-corrected chi connectivity index (χ4v) is 2.12. The van der Waals surface area contributed by atoms with Crippen LogP contribution in [0, 0.1) is 6.08 Å². The second-order valence-corrected chi connectivity index (χ2v) is 4.67. The minimum absolute atomic E-state index is 0. The minimum Gasteiger partial charge on any atom is -0.497 e. The van der Waals surface area contributed by atoms with Crippen LogP contribution in [0.5, 0.6) is 0 Å². The molecule has 1 atom stereocenters. The molecule has 0 heterocycles. The van der Waals surface area contributed by atoms with Crippen LogP contribution < -0.4 is 0 Å². The second kappa shape index (κ2) is 7.77. The molecule has 1 aromatic carbocycles. The summed E-state index contributed by atoms with van der Waals surface area (Å²) in [6.07, 6.45) is 11.9. The zero-order chi connectivity index (χ0) is 13.0. The molecule has 1 aliphatic rings. The second-order valence-electron chi connectivity index (χ2n) is 4.67. The van der Waals surface area contributed by atoms with Crippen molar-refractivity contribution in [1.29, 1.82) is 0 Å². The number of hydrogen-bond acceptors (Lipinski definition) is 0. The Hall–Kier alpha value is -0.716. The van der Waals surface area contributed by atoms with Gasteiger partial charge in [-0.25, -0.2) is 0 Å². The fraction of sp³-hybridized carbons (Fsp3) is 0.222. The van der Waals surface area contributed by atoms with Gasteiger partial charge in [-0.3, -0.25) is 6.58 Å². The van der Waals surface area contributed by atoms with E-state index in [4.69, 9.17) is 0 Å². The Balaban J connectivity index is 0.00000180. The van der Waals surface area contributed by atoms with Crippen molar-refractivity contribution < 1.29 is 32.7 Å². The number of allylic oxidation sites excluding steroid dienone is 6. The first-order valence-corrected chi connectivity index (χ1v) is 6.41. The van der Waals surface area contributed by atoms with Gasteiger partial charge in [0.1, 0.15) is 0 Å². The molecule has 0 bridgehead atoms. The Morgan fingerprint density at radius 3 is 2.74 bits per heavy atom. The van der Waals surface area contributed by atoms with Gasteiger partial charge in [-0.15, -0.1) is 0 Å². The van der Waals surface area contributed by atoms with Crippen molar-refractivity contribution >= 4 is 5.57 Å². The van der Waals surface area contributed by atoms with E-state index < -0.39 is 0 Å². The topological polar surface area (TPSA) is 0 Å². The van der Waals surface area contributed by atoms with Crippen LogP contribution in [0.25, 0.3) is 5.57 Å². The first-order valence-electron chi connectivity index (χ1n) is 6.41. The number of benzene rings is 1. The minimum atomic E-state index is 0. The van der Waals surface area contributed by atoms with Crippen LogP contribution in [0.2, 0.25) is 0 Å². The summed E-state index contributed by atoms with van der Waals surface area (Å²) in [7, 11) is 0. The Morgan fingerprint density at radius 2 is 2.11 bits per heavy atom. The van der Waals surface area contributed by atoms with E-state index in [9.17, 15) is 0 Å². The van der Waals surface area contributed by atoms with Crippen LogP contribution in [0.1, 0.15) is 36.8 Å². The van der Waals surface area contributed by atoms with Crippen molar-refractivity contribution in [3.05, 3.63) is 78.4 Å². The molecule has 1 aromatic rings. The molecular formula is C18H19Y-. The molecule has 1 radical (unpaired) electrons. The number of rotatable bonds is 4. The normalized spacial score (nSPS) is 15.1. The predicted molar refractivity (Wildman–Crippen MR) is 79.2 cm³/mol. The molecule has 0 amide bonds. The van der Waals surface area contributed by atoms with E-state index in [0.717, 1.165) is 18.4 Å². The third kappa shape index (κ3) is 4.13. The SMILES string of the molecule is C=[C-]C(C)c1cccc(C(=C)C2=CCCC=C2)c1.[Y]. The van der Waals surface area contributed by atoms with Crippen LogP contribution in [0.4, 0.5) is 0 Å². The van der Waals surface area contributed by atoms with Crippen LogP contribution >= 0.6 is 0 Å². The molecule has 1 aliphatic carbocycles. The van der Waals surface area contributed by atoms with Gasteiger partial charge < -0.3 is 6.08 Å². The predicted octanol–water partition coefficient (Wildman–Crippen LogP) is 5.07. The van der Waals surface area contributed by atoms with Gasteiger partial charge in [0.25, 0.3) is 0 Å². The summed E-state index contributed by atoms with van der Waals surface area (Å²) in [5.74, 6) is 0.258. The Kier molecular flexibility index (Phi) is 6.68. The number of hydrogen-bond donors (Lipinski definition) is 0. The van der Waals surface area contributed by atoms with Crippen molar-refractivity contribution in [2.75, 3.05) is 0 Å². The summed E-state index contributed by atoms with van der Waals surface area (Å²) >= 11 is 0. The smallest absolute Gasteiger partial charge is 0 e. The van der Waals surface area contributed by atoms with Gasteiger partial charge in [-0.1, -0.05) is 61.6 Å². The Morgan fingerprint density at radius 1 is 1.32 bits per heavy atom. The molecule has 2 rings (SSSR count). The van der Waals surface area contributed by atoms with Crippen molar-refractivity contribution in [2.45, 2.75) is 25.7 Å². The van der Waals surface area contributed by atoms with E-state index in [2.05, 4.69) is 68.7 Å².